The zero-order valence-corrected chi connectivity index (χ0v) is 9.49. The van der Waals surface area contributed by atoms with Crippen molar-refractivity contribution in [2.75, 3.05) is 0 Å². The van der Waals surface area contributed by atoms with Crippen LogP contribution >= 0.6 is 0 Å². The van der Waals surface area contributed by atoms with Crippen LogP contribution in [0.15, 0.2) is 0 Å². The maximum Gasteiger partial charge on any atom is 0.409 e. The maximum atomic E-state index is 13.7. The van der Waals surface area contributed by atoms with Crippen molar-refractivity contribution in [2.24, 2.45) is 0 Å². The van der Waals surface area contributed by atoms with Crippen molar-refractivity contribution >= 4 is 11.9 Å². The molecule has 0 bridgehead atoms. The van der Waals surface area contributed by atoms with Crippen molar-refractivity contribution in [1.29, 1.82) is 0 Å². The first-order chi connectivity index (χ1) is 7.56. The highest BCUT2D eigenvalue weighted by atomic mass is 19.1. The summed E-state index contributed by atoms with van der Waals surface area (Å²) >= 11 is 0. The van der Waals surface area contributed by atoms with Gasteiger partial charge in [0, 0.05) is 18.9 Å². The fourth-order valence-corrected chi connectivity index (χ4v) is 2.08. The molecule has 16 heavy (non-hydrogen) atoms. The van der Waals surface area contributed by atoms with Crippen LogP contribution in [0, 0.1) is 0 Å². The van der Waals surface area contributed by atoms with Gasteiger partial charge in [-0.1, -0.05) is 13.3 Å². The van der Waals surface area contributed by atoms with E-state index >= 15 is 0 Å². The predicted molar refractivity (Wildman–Crippen MR) is 56.9 cm³/mol. The van der Waals surface area contributed by atoms with Gasteiger partial charge in [0.05, 0.1) is 0 Å². The average molecular weight is 231 g/mol. The Morgan fingerprint density at radius 1 is 1.56 bits per heavy atom. The van der Waals surface area contributed by atoms with Crippen LogP contribution in [0.1, 0.15) is 45.4 Å². The molecule has 0 heterocycles. The summed E-state index contributed by atoms with van der Waals surface area (Å²) < 4.78 is 13.7. The van der Waals surface area contributed by atoms with Gasteiger partial charge in [-0.25, -0.2) is 9.18 Å². The lowest BCUT2D eigenvalue weighted by atomic mass is 9.93. The van der Waals surface area contributed by atoms with Crippen molar-refractivity contribution in [3.63, 3.8) is 0 Å². The number of ketones is 1. The highest BCUT2D eigenvalue weighted by Crippen LogP contribution is 2.24. The van der Waals surface area contributed by atoms with Gasteiger partial charge in [-0.2, -0.15) is 0 Å². The van der Waals surface area contributed by atoms with Gasteiger partial charge in [0.1, 0.15) is 5.78 Å². The van der Waals surface area contributed by atoms with E-state index < -0.39 is 12.4 Å². The highest BCUT2D eigenvalue weighted by Gasteiger charge is 2.32. The summed E-state index contributed by atoms with van der Waals surface area (Å²) in [6.07, 6.45) is -0.195. The van der Waals surface area contributed by atoms with E-state index in [9.17, 15) is 14.0 Å². The number of halogens is 1. The molecule has 1 atom stereocenters. The summed E-state index contributed by atoms with van der Waals surface area (Å²) in [7, 11) is 0. The Labute approximate surface area is 94.4 Å². The number of nitrogens with zero attached hydrogens (tertiary/aromatic N) is 1. The zero-order valence-electron chi connectivity index (χ0n) is 9.49. The molecule has 1 fully saturated rings. The summed E-state index contributed by atoms with van der Waals surface area (Å²) in [5.74, 6) is 0.146. The smallest absolute Gasteiger partial charge is 0.409 e. The van der Waals surface area contributed by atoms with Crippen LogP contribution in [0.25, 0.3) is 0 Å². The van der Waals surface area contributed by atoms with Crippen LogP contribution < -0.4 is 0 Å². The second-order valence-electron chi connectivity index (χ2n) is 4.18. The minimum Gasteiger partial charge on any atom is -0.465 e. The van der Waals surface area contributed by atoms with Gasteiger partial charge in [-0.3, -0.25) is 9.69 Å². The van der Waals surface area contributed by atoms with E-state index in [-0.39, 0.29) is 18.2 Å². The highest BCUT2D eigenvalue weighted by molar-refractivity contribution is 5.79. The van der Waals surface area contributed by atoms with Crippen LogP contribution in [0.3, 0.4) is 0 Å². The minimum atomic E-state index is -1.44. The van der Waals surface area contributed by atoms with Crippen molar-refractivity contribution in [1.82, 2.24) is 4.90 Å². The normalized spacial score (nSPS) is 19.5. The largest absolute Gasteiger partial charge is 0.465 e. The molecule has 4 nitrogen and oxygen atoms in total. The Morgan fingerprint density at radius 3 is 2.56 bits per heavy atom. The SMILES string of the molecule is CCCC(F)N(C(=O)O)C1CCC(=O)CC1. The van der Waals surface area contributed by atoms with Crippen LogP contribution in [-0.2, 0) is 4.79 Å². The molecule has 92 valence electrons. The number of rotatable bonds is 4. The van der Waals surface area contributed by atoms with E-state index in [2.05, 4.69) is 0 Å². The Morgan fingerprint density at radius 2 is 2.12 bits per heavy atom. The molecular weight excluding hydrogens is 213 g/mol. The third-order valence-corrected chi connectivity index (χ3v) is 2.96. The Balaban J connectivity index is 2.62. The van der Waals surface area contributed by atoms with Gasteiger partial charge in [-0.05, 0) is 19.3 Å². The first-order valence-electron chi connectivity index (χ1n) is 5.73. The molecule has 0 aliphatic heterocycles. The summed E-state index contributed by atoms with van der Waals surface area (Å²) in [4.78, 5) is 22.9. The lowest BCUT2D eigenvalue weighted by molar-refractivity contribution is -0.121. The molecule has 5 heteroatoms. The average Bonchev–Trinajstić information content (AvgIpc) is 2.21. The van der Waals surface area contributed by atoms with Crippen LogP contribution in [0.4, 0.5) is 9.18 Å². The van der Waals surface area contributed by atoms with E-state index in [4.69, 9.17) is 5.11 Å². The van der Waals surface area contributed by atoms with Gasteiger partial charge in [0.15, 0.2) is 6.30 Å². The standard InChI is InChI=1S/C11H18FNO3/c1-2-3-10(12)13(11(15)16)8-4-6-9(14)7-5-8/h8,10H,2-7H2,1H3,(H,15,16). The molecule has 0 aromatic rings. The number of hydrogen-bond donors (Lipinski definition) is 1. The molecule has 0 spiro atoms. The maximum absolute atomic E-state index is 13.7. The van der Waals surface area contributed by atoms with Crippen LogP contribution in [0.5, 0.6) is 0 Å². The van der Waals surface area contributed by atoms with Crippen molar-refractivity contribution in [3.05, 3.63) is 0 Å². The minimum absolute atomic E-state index is 0.146. The summed E-state index contributed by atoms with van der Waals surface area (Å²) in [5, 5.41) is 8.99. The molecule has 1 rings (SSSR count). The Hall–Kier alpha value is -1.13. The van der Waals surface area contributed by atoms with Crippen LogP contribution in [-0.4, -0.2) is 34.2 Å². The van der Waals surface area contributed by atoms with Gasteiger partial charge < -0.3 is 5.11 Å². The molecule has 0 radical (unpaired) electrons. The Kier molecular flexibility index (Phi) is 4.71. The number of amides is 1. The number of carbonyl (C=O) groups is 2. The number of Topliss-reactive ketones (excluding diaryl/α,β-unsaturated/α-hetero) is 1. The van der Waals surface area contributed by atoms with E-state index in [1.807, 2.05) is 6.92 Å². The van der Waals surface area contributed by atoms with Crippen molar-refractivity contribution < 1.29 is 19.1 Å². The third kappa shape index (κ3) is 3.18. The zero-order chi connectivity index (χ0) is 12.1. The second kappa shape index (κ2) is 5.82. The molecule has 0 aromatic carbocycles. The predicted octanol–water partition coefficient (Wildman–Crippen LogP) is 2.57. The molecule has 1 unspecified atom stereocenters. The Bertz CT molecular complexity index is 260. The number of alkyl halides is 1. The summed E-state index contributed by atoms with van der Waals surface area (Å²) in [5.41, 5.74) is 0. The fraction of sp³-hybridized carbons (Fsp3) is 0.818. The first-order valence-corrected chi connectivity index (χ1v) is 5.73. The molecule has 1 aliphatic carbocycles. The van der Waals surface area contributed by atoms with E-state index in [1.54, 1.807) is 0 Å². The van der Waals surface area contributed by atoms with Gasteiger partial charge >= 0.3 is 6.09 Å². The molecule has 1 N–H and O–H groups in total. The van der Waals surface area contributed by atoms with Crippen molar-refractivity contribution in [3.8, 4) is 0 Å². The topological polar surface area (TPSA) is 57.6 Å². The second-order valence-corrected chi connectivity index (χ2v) is 4.18. The van der Waals surface area contributed by atoms with E-state index in [1.165, 1.54) is 0 Å². The summed E-state index contributed by atoms with van der Waals surface area (Å²) in [6.45, 7) is 1.82. The summed E-state index contributed by atoms with van der Waals surface area (Å²) in [6, 6.07) is -0.336. The van der Waals surface area contributed by atoms with E-state index in [0.29, 0.717) is 32.1 Å². The molecule has 1 aliphatic rings. The molecule has 1 amide bonds. The fourth-order valence-electron chi connectivity index (χ4n) is 2.08. The quantitative estimate of drug-likeness (QED) is 0.756. The van der Waals surface area contributed by atoms with Gasteiger partial charge in [-0.15, -0.1) is 0 Å². The number of hydrogen-bond acceptors (Lipinski definition) is 2. The molecular formula is C11H18FNO3. The van der Waals surface area contributed by atoms with Gasteiger partial charge in [0.25, 0.3) is 0 Å². The number of carboxylic acid groups (broad SMARTS) is 1. The molecule has 0 saturated heterocycles. The lowest BCUT2D eigenvalue weighted by Gasteiger charge is -2.33. The molecule has 0 aromatic heterocycles. The first kappa shape index (κ1) is 12.9. The number of carbonyl (C=O) groups excluding carboxylic acids is 1. The van der Waals surface area contributed by atoms with Crippen molar-refractivity contribution in [2.45, 2.75) is 57.8 Å². The van der Waals surface area contributed by atoms with Crippen LogP contribution in [0.2, 0.25) is 0 Å². The van der Waals surface area contributed by atoms with Gasteiger partial charge in [0.2, 0.25) is 0 Å². The van der Waals surface area contributed by atoms with E-state index in [0.717, 1.165) is 4.90 Å². The lowest BCUT2D eigenvalue weighted by Crippen LogP contribution is -2.46. The monoisotopic (exact) mass is 231 g/mol. The third-order valence-electron chi connectivity index (χ3n) is 2.96. The molecule has 1 saturated carbocycles.